The number of nitrogens with zero attached hydrogens (tertiary/aromatic N) is 1. The van der Waals surface area contributed by atoms with Crippen LogP contribution in [0, 0.1) is 0 Å². The van der Waals surface area contributed by atoms with Crippen LogP contribution in [0.2, 0.25) is 5.02 Å². The number of methoxy groups -OCH3 is 1. The molecular formula is C20H23ClN2O2. The Morgan fingerprint density at radius 2 is 2.04 bits per heavy atom. The zero-order valence-electron chi connectivity index (χ0n) is 14.5. The van der Waals surface area contributed by atoms with Crippen molar-refractivity contribution in [3.8, 4) is 5.75 Å². The molecule has 0 aromatic heterocycles. The number of rotatable bonds is 5. The Labute approximate surface area is 153 Å². The number of benzene rings is 2. The summed E-state index contributed by atoms with van der Waals surface area (Å²) in [7, 11) is 1.68. The predicted octanol–water partition coefficient (Wildman–Crippen LogP) is 4.26. The molecule has 2 aromatic carbocycles. The highest BCUT2D eigenvalue weighted by molar-refractivity contribution is 6.30. The number of hydrogen-bond acceptors (Lipinski definition) is 3. The molecule has 0 radical (unpaired) electrons. The van der Waals surface area contributed by atoms with Gasteiger partial charge in [0.2, 0.25) is 0 Å². The van der Waals surface area contributed by atoms with Gasteiger partial charge in [-0.3, -0.25) is 9.69 Å². The summed E-state index contributed by atoms with van der Waals surface area (Å²) in [4.78, 5) is 14.8. The Morgan fingerprint density at radius 1 is 1.28 bits per heavy atom. The van der Waals surface area contributed by atoms with Crippen LogP contribution in [-0.2, 0) is 0 Å². The number of carbonyl (C=O) groups excluding carboxylic acids is 1. The summed E-state index contributed by atoms with van der Waals surface area (Å²) in [5.41, 5.74) is 1.85. The smallest absolute Gasteiger partial charge is 0.252 e. The molecule has 2 aromatic rings. The Bertz CT molecular complexity index is 733. The predicted molar refractivity (Wildman–Crippen MR) is 100 cm³/mol. The number of amides is 1. The molecule has 2 atom stereocenters. The number of ether oxygens (including phenoxy) is 1. The maximum Gasteiger partial charge on any atom is 0.252 e. The molecule has 1 saturated heterocycles. The van der Waals surface area contributed by atoms with Gasteiger partial charge in [0.25, 0.3) is 5.91 Å². The van der Waals surface area contributed by atoms with Crippen LogP contribution >= 0.6 is 11.6 Å². The molecule has 0 saturated carbocycles. The van der Waals surface area contributed by atoms with E-state index in [1.54, 1.807) is 31.4 Å². The van der Waals surface area contributed by atoms with E-state index in [4.69, 9.17) is 16.3 Å². The van der Waals surface area contributed by atoms with Crippen LogP contribution < -0.4 is 10.1 Å². The second kappa shape index (κ2) is 7.89. The monoisotopic (exact) mass is 358 g/mol. The molecule has 1 aliphatic rings. The highest BCUT2D eigenvalue weighted by Crippen LogP contribution is 2.34. The Kier molecular flexibility index (Phi) is 5.61. The molecule has 4 nitrogen and oxygen atoms in total. The summed E-state index contributed by atoms with van der Waals surface area (Å²) in [5.74, 6) is 0.780. The highest BCUT2D eigenvalue weighted by atomic mass is 35.5. The fraction of sp³-hybridized carbons (Fsp3) is 0.350. The first kappa shape index (κ1) is 17.8. The summed E-state index contributed by atoms with van der Waals surface area (Å²) < 4.78 is 5.34. The van der Waals surface area contributed by atoms with Crippen LogP contribution in [0.25, 0.3) is 0 Å². The van der Waals surface area contributed by atoms with E-state index in [0.29, 0.717) is 10.6 Å². The van der Waals surface area contributed by atoms with E-state index in [9.17, 15) is 4.79 Å². The lowest BCUT2D eigenvalue weighted by molar-refractivity contribution is 0.0849. The Hall–Kier alpha value is -2.04. The van der Waals surface area contributed by atoms with Crippen molar-refractivity contribution >= 4 is 17.5 Å². The molecular weight excluding hydrogens is 336 g/mol. The van der Waals surface area contributed by atoms with Crippen molar-refractivity contribution in [2.24, 2.45) is 0 Å². The fourth-order valence-electron chi connectivity index (χ4n) is 3.42. The third-order valence-electron chi connectivity index (χ3n) is 4.72. The number of nitrogens with one attached hydrogen (secondary N) is 1. The van der Waals surface area contributed by atoms with Crippen LogP contribution in [0.4, 0.5) is 0 Å². The summed E-state index contributed by atoms with van der Waals surface area (Å²) in [5, 5.41) is 3.73. The van der Waals surface area contributed by atoms with E-state index in [1.165, 1.54) is 5.56 Å². The van der Waals surface area contributed by atoms with E-state index in [-0.39, 0.29) is 18.1 Å². The number of halogens is 1. The van der Waals surface area contributed by atoms with Gasteiger partial charge in [-0.1, -0.05) is 23.7 Å². The lowest BCUT2D eigenvalue weighted by Crippen LogP contribution is -2.45. The van der Waals surface area contributed by atoms with Crippen molar-refractivity contribution in [2.75, 3.05) is 13.7 Å². The van der Waals surface area contributed by atoms with E-state index in [1.807, 2.05) is 19.1 Å². The molecule has 5 heteroatoms. The lowest BCUT2D eigenvalue weighted by atomic mass is 10.0. The van der Waals surface area contributed by atoms with E-state index >= 15 is 0 Å². The van der Waals surface area contributed by atoms with Gasteiger partial charge in [-0.2, -0.15) is 0 Å². The largest absolute Gasteiger partial charge is 0.497 e. The van der Waals surface area contributed by atoms with Gasteiger partial charge in [0.1, 0.15) is 5.75 Å². The molecule has 1 aliphatic heterocycles. The maximum atomic E-state index is 12.5. The molecule has 1 fully saturated rings. The fourth-order valence-corrected chi connectivity index (χ4v) is 3.54. The van der Waals surface area contributed by atoms with Crippen molar-refractivity contribution in [1.82, 2.24) is 10.2 Å². The minimum atomic E-state index is -0.0829. The molecule has 132 valence electrons. The Balaban J connectivity index is 1.70. The quantitative estimate of drug-likeness (QED) is 0.868. The molecule has 25 heavy (non-hydrogen) atoms. The summed E-state index contributed by atoms with van der Waals surface area (Å²) in [6, 6.07) is 15.4. The van der Waals surface area contributed by atoms with Gasteiger partial charge in [0.15, 0.2) is 0 Å². The number of carbonyl (C=O) groups is 1. The average Bonchev–Trinajstić information content (AvgIpc) is 3.12. The first-order valence-corrected chi connectivity index (χ1v) is 8.92. The molecule has 2 unspecified atom stereocenters. The minimum Gasteiger partial charge on any atom is -0.497 e. The number of hydrogen-bond donors (Lipinski definition) is 1. The topological polar surface area (TPSA) is 41.6 Å². The first-order valence-electron chi connectivity index (χ1n) is 8.54. The van der Waals surface area contributed by atoms with Gasteiger partial charge < -0.3 is 10.1 Å². The molecule has 0 bridgehead atoms. The van der Waals surface area contributed by atoms with Gasteiger partial charge in [-0.25, -0.2) is 0 Å². The van der Waals surface area contributed by atoms with Crippen LogP contribution in [0.5, 0.6) is 5.75 Å². The summed E-state index contributed by atoms with van der Waals surface area (Å²) >= 11 is 5.89. The van der Waals surface area contributed by atoms with Crippen LogP contribution in [0.3, 0.4) is 0 Å². The average molecular weight is 359 g/mol. The zero-order chi connectivity index (χ0) is 17.8. The van der Waals surface area contributed by atoms with Crippen molar-refractivity contribution in [3.63, 3.8) is 0 Å². The number of likely N-dealkylation sites (tertiary alicyclic amines) is 1. The van der Waals surface area contributed by atoms with Crippen LogP contribution in [-0.4, -0.2) is 30.6 Å². The SMILES string of the molecule is COc1cccc(C2CCCN2C(C)NC(=O)c2ccc(Cl)cc2)c1. The normalized spacial score (nSPS) is 18.8. The zero-order valence-corrected chi connectivity index (χ0v) is 15.3. The molecule has 0 aliphatic carbocycles. The van der Waals surface area contributed by atoms with E-state index < -0.39 is 0 Å². The third-order valence-corrected chi connectivity index (χ3v) is 4.97. The van der Waals surface area contributed by atoms with Gasteiger partial charge in [0.05, 0.1) is 13.3 Å². The van der Waals surface area contributed by atoms with Crippen LogP contribution in [0.1, 0.15) is 41.7 Å². The third kappa shape index (κ3) is 4.14. The molecule has 0 spiro atoms. The van der Waals surface area contributed by atoms with Gasteiger partial charge in [-0.05, 0) is 61.7 Å². The molecule has 1 amide bonds. The van der Waals surface area contributed by atoms with E-state index in [2.05, 4.69) is 22.3 Å². The van der Waals surface area contributed by atoms with Crippen molar-refractivity contribution in [2.45, 2.75) is 32.0 Å². The summed E-state index contributed by atoms with van der Waals surface area (Å²) in [6.07, 6.45) is 2.14. The van der Waals surface area contributed by atoms with Crippen LogP contribution in [0.15, 0.2) is 48.5 Å². The van der Waals surface area contributed by atoms with Gasteiger partial charge >= 0.3 is 0 Å². The van der Waals surface area contributed by atoms with Gasteiger partial charge in [-0.15, -0.1) is 0 Å². The lowest BCUT2D eigenvalue weighted by Gasteiger charge is -2.31. The maximum absolute atomic E-state index is 12.5. The molecule has 1 N–H and O–H groups in total. The highest BCUT2D eigenvalue weighted by Gasteiger charge is 2.30. The second-order valence-corrected chi connectivity index (χ2v) is 6.77. The minimum absolute atomic E-state index is 0.0538. The second-order valence-electron chi connectivity index (χ2n) is 6.33. The summed E-state index contributed by atoms with van der Waals surface area (Å²) in [6.45, 7) is 3.00. The Morgan fingerprint density at radius 3 is 2.76 bits per heavy atom. The van der Waals surface area contributed by atoms with E-state index in [0.717, 1.165) is 25.1 Å². The van der Waals surface area contributed by atoms with Gasteiger partial charge in [0, 0.05) is 23.2 Å². The standard InChI is InChI=1S/C20H23ClN2O2/c1-14(22-20(24)15-8-10-17(21)11-9-15)23-12-4-7-19(23)16-5-3-6-18(13-16)25-2/h3,5-6,8-11,13-14,19H,4,7,12H2,1-2H3,(H,22,24). The first-order chi connectivity index (χ1) is 12.1. The van der Waals surface area contributed by atoms with Crippen molar-refractivity contribution in [1.29, 1.82) is 0 Å². The van der Waals surface area contributed by atoms with Crippen molar-refractivity contribution < 1.29 is 9.53 Å². The molecule has 1 heterocycles. The van der Waals surface area contributed by atoms with Crippen molar-refractivity contribution in [3.05, 3.63) is 64.7 Å². The molecule has 3 rings (SSSR count).